The quantitative estimate of drug-likeness (QED) is 0.778. The van der Waals surface area contributed by atoms with E-state index in [-0.39, 0.29) is 5.54 Å². The molecule has 80 valence electrons. The summed E-state index contributed by atoms with van der Waals surface area (Å²) in [6, 6.07) is 2.03. The third kappa shape index (κ3) is 3.50. The zero-order valence-electron chi connectivity index (χ0n) is 9.67. The van der Waals surface area contributed by atoms with E-state index in [0.717, 1.165) is 25.2 Å². The van der Waals surface area contributed by atoms with E-state index in [2.05, 4.69) is 31.2 Å². The normalized spacial score (nSPS) is 12.0. The molecule has 1 aromatic heterocycles. The van der Waals surface area contributed by atoms with Crippen LogP contribution in [0.3, 0.4) is 0 Å². The van der Waals surface area contributed by atoms with Crippen LogP contribution >= 0.6 is 0 Å². The summed E-state index contributed by atoms with van der Waals surface area (Å²) in [4.78, 5) is 0. The molecule has 0 aliphatic heterocycles. The molecule has 0 bridgehead atoms. The molecule has 0 aromatic carbocycles. The van der Waals surface area contributed by atoms with Crippen molar-refractivity contribution >= 4 is 0 Å². The maximum Gasteiger partial charge on any atom is 0.0593 e. The first-order chi connectivity index (χ1) is 6.53. The summed E-state index contributed by atoms with van der Waals surface area (Å²) in [5, 5.41) is 7.84. The van der Waals surface area contributed by atoms with E-state index >= 15 is 0 Å². The van der Waals surface area contributed by atoms with E-state index in [4.69, 9.17) is 0 Å². The smallest absolute Gasteiger partial charge is 0.0593 e. The number of nitrogens with one attached hydrogen (secondary N) is 1. The molecule has 0 saturated heterocycles. The van der Waals surface area contributed by atoms with Crippen molar-refractivity contribution in [1.29, 1.82) is 0 Å². The Labute approximate surface area is 86.5 Å². The minimum Gasteiger partial charge on any atom is -0.310 e. The monoisotopic (exact) mass is 195 g/mol. The second-order valence-electron chi connectivity index (χ2n) is 4.38. The molecule has 0 atom stereocenters. The van der Waals surface area contributed by atoms with Crippen LogP contribution in [0.2, 0.25) is 0 Å². The lowest BCUT2D eigenvalue weighted by atomic mass is 10.0. The molecule has 0 aliphatic rings. The van der Waals surface area contributed by atoms with Crippen LogP contribution in [-0.4, -0.2) is 21.9 Å². The molecule has 1 rings (SSSR count). The van der Waals surface area contributed by atoms with Gasteiger partial charge in [-0.2, -0.15) is 5.10 Å². The Morgan fingerprint density at radius 2 is 2.21 bits per heavy atom. The Kier molecular flexibility index (Phi) is 3.69. The van der Waals surface area contributed by atoms with Gasteiger partial charge in [-0.15, -0.1) is 0 Å². The summed E-state index contributed by atoms with van der Waals surface area (Å²) in [5.41, 5.74) is 1.32. The van der Waals surface area contributed by atoms with Crippen molar-refractivity contribution in [2.45, 2.75) is 46.2 Å². The van der Waals surface area contributed by atoms with Crippen molar-refractivity contribution in [2.75, 3.05) is 6.54 Å². The third-order valence-corrected chi connectivity index (χ3v) is 2.60. The summed E-state index contributed by atoms with van der Waals surface area (Å²) in [7, 11) is 0. The van der Waals surface area contributed by atoms with Crippen LogP contribution in [0.4, 0.5) is 0 Å². The van der Waals surface area contributed by atoms with E-state index < -0.39 is 0 Å². The molecule has 1 heterocycles. The lowest BCUT2D eigenvalue weighted by Crippen LogP contribution is -2.40. The average Bonchev–Trinajstić information content (AvgIpc) is 2.51. The number of rotatable bonds is 5. The largest absolute Gasteiger partial charge is 0.310 e. The molecule has 0 spiro atoms. The van der Waals surface area contributed by atoms with Crippen molar-refractivity contribution in [3.8, 4) is 0 Å². The van der Waals surface area contributed by atoms with Crippen molar-refractivity contribution < 1.29 is 0 Å². The minimum absolute atomic E-state index is 0.238. The van der Waals surface area contributed by atoms with Crippen LogP contribution < -0.4 is 5.32 Å². The highest BCUT2D eigenvalue weighted by Crippen LogP contribution is 2.05. The predicted octanol–water partition coefficient (Wildman–Crippen LogP) is 1.97. The second-order valence-corrected chi connectivity index (χ2v) is 4.38. The zero-order chi connectivity index (χ0) is 10.6. The molecule has 0 unspecified atom stereocenters. The fourth-order valence-electron chi connectivity index (χ4n) is 1.22. The topological polar surface area (TPSA) is 29.9 Å². The lowest BCUT2D eigenvalue weighted by Gasteiger charge is -2.24. The molecule has 3 nitrogen and oxygen atoms in total. The van der Waals surface area contributed by atoms with Crippen molar-refractivity contribution in [3.63, 3.8) is 0 Å². The van der Waals surface area contributed by atoms with Gasteiger partial charge < -0.3 is 5.32 Å². The van der Waals surface area contributed by atoms with Crippen LogP contribution in [0.15, 0.2) is 12.3 Å². The molecule has 0 saturated carbocycles. The Hall–Kier alpha value is -0.830. The summed E-state index contributed by atoms with van der Waals surface area (Å²) in [5.74, 6) is 0. The number of aryl methyl sites for hydroxylation is 1. The molecule has 1 N–H and O–H groups in total. The maximum absolute atomic E-state index is 4.33. The first-order valence-electron chi connectivity index (χ1n) is 5.28. The maximum atomic E-state index is 4.33. The van der Waals surface area contributed by atoms with Gasteiger partial charge in [0, 0.05) is 18.3 Å². The van der Waals surface area contributed by atoms with Gasteiger partial charge in [-0.05, 0) is 33.3 Å². The van der Waals surface area contributed by atoms with Gasteiger partial charge in [0.25, 0.3) is 0 Å². The fraction of sp³-hybridized carbons (Fsp3) is 0.727. The Morgan fingerprint density at radius 3 is 2.71 bits per heavy atom. The van der Waals surface area contributed by atoms with E-state index in [1.165, 1.54) is 0 Å². The molecular weight excluding hydrogens is 174 g/mol. The molecule has 0 radical (unpaired) electrons. The molecule has 0 aliphatic carbocycles. The van der Waals surface area contributed by atoms with Gasteiger partial charge in [0.15, 0.2) is 0 Å². The van der Waals surface area contributed by atoms with E-state index in [9.17, 15) is 0 Å². The Balaban J connectivity index is 2.28. The van der Waals surface area contributed by atoms with E-state index in [0.29, 0.717) is 0 Å². The number of hydrogen-bond acceptors (Lipinski definition) is 2. The van der Waals surface area contributed by atoms with Gasteiger partial charge in [0.05, 0.1) is 12.2 Å². The van der Waals surface area contributed by atoms with E-state index in [1.54, 1.807) is 0 Å². The second kappa shape index (κ2) is 4.60. The van der Waals surface area contributed by atoms with Crippen LogP contribution in [0.25, 0.3) is 0 Å². The highest BCUT2D eigenvalue weighted by atomic mass is 15.3. The molecule has 0 amide bonds. The third-order valence-electron chi connectivity index (χ3n) is 2.60. The number of hydrogen-bond donors (Lipinski definition) is 1. The van der Waals surface area contributed by atoms with Crippen molar-refractivity contribution in [2.24, 2.45) is 0 Å². The van der Waals surface area contributed by atoms with Crippen LogP contribution in [-0.2, 0) is 6.54 Å². The fourth-order valence-corrected chi connectivity index (χ4v) is 1.22. The zero-order valence-corrected chi connectivity index (χ0v) is 9.67. The van der Waals surface area contributed by atoms with Gasteiger partial charge in [0.2, 0.25) is 0 Å². The molecular formula is C11H21N3. The first kappa shape index (κ1) is 11.2. The number of nitrogens with zero attached hydrogens (tertiary/aromatic N) is 2. The van der Waals surface area contributed by atoms with Crippen LogP contribution in [0.5, 0.6) is 0 Å². The van der Waals surface area contributed by atoms with Crippen molar-refractivity contribution in [3.05, 3.63) is 18.0 Å². The van der Waals surface area contributed by atoms with Gasteiger partial charge in [-0.1, -0.05) is 6.92 Å². The minimum atomic E-state index is 0.238. The molecule has 3 heteroatoms. The Bertz CT molecular complexity index is 276. The van der Waals surface area contributed by atoms with Gasteiger partial charge >= 0.3 is 0 Å². The average molecular weight is 195 g/mol. The summed E-state index contributed by atoms with van der Waals surface area (Å²) in [6.07, 6.45) is 3.17. The summed E-state index contributed by atoms with van der Waals surface area (Å²) >= 11 is 0. The highest BCUT2D eigenvalue weighted by molar-refractivity contribution is 4.94. The van der Waals surface area contributed by atoms with Crippen molar-refractivity contribution in [1.82, 2.24) is 15.1 Å². The van der Waals surface area contributed by atoms with Crippen LogP contribution in [0, 0.1) is 6.92 Å². The highest BCUT2D eigenvalue weighted by Gasteiger charge is 2.12. The SMILES string of the molecule is CCC(C)(C)NCCn1ccc(C)n1. The van der Waals surface area contributed by atoms with Crippen LogP contribution in [0.1, 0.15) is 32.9 Å². The number of aromatic nitrogens is 2. The first-order valence-corrected chi connectivity index (χ1v) is 5.28. The standard InChI is InChI=1S/C11H21N3/c1-5-11(3,4)12-7-9-14-8-6-10(2)13-14/h6,8,12H,5,7,9H2,1-4H3. The van der Waals surface area contributed by atoms with Gasteiger partial charge in [0.1, 0.15) is 0 Å². The van der Waals surface area contributed by atoms with Gasteiger partial charge in [-0.25, -0.2) is 0 Å². The van der Waals surface area contributed by atoms with Gasteiger partial charge in [-0.3, -0.25) is 4.68 Å². The van der Waals surface area contributed by atoms with E-state index in [1.807, 2.05) is 23.9 Å². The molecule has 1 aromatic rings. The summed E-state index contributed by atoms with van der Waals surface area (Å²) < 4.78 is 1.98. The lowest BCUT2D eigenvalue weighted by molar-refractivity contribution is 0.363. The predicted molar refractivity (Wildman–Crippen MR) is 59.3 cm³/mol. The molecule has 14 heavy (non-hydrogen) atoms. The summed E-state index contributed by atoms with van der Waals surface area (Å²) in [6.45, 7) is 10.6. The molecule has 0 fully saturated rings. The Morgan fingerprint density at radius 1 is 1.50 bits per heavy atom.